The lowest BCUT2D eigenvalue weighted by atomic mass is 9.76. The Balaban J connectivity index is 1.23. The van der Waals surface area contributed by atoms with Crippen molar-refractivity contribution in [2.75, 3.05) is 45.4 Å². The van der Waals surface area contributed by atoms with Crippen LogP contribution >= 0.6 is 0 Å². The standard InChI is InChI=1S/C32H40N4O6/c1-40-30(38)16-23(14-22-6-3-2-4-7-22)15-28(29-20-41-21-42-29)24-10-12-36(13-11-24)31(39)25-8-5-9-26(17-25)35-32-33-18-27(37)19-34-32/h2-9,17,20,23-24,27-28,37H,10-16,18-19,21H2,1H3,(H2,33,34,35). The third kappa shape index (κ3) is 7.82. The topological polar surface area (TPSA) is 122 Å². The predicted molar refractivity (Wildman–Crippen MR) is 158 cm³/mol. The Hall–Kier alpha value is -4.05. The van der Waals surface area contributed by atoms with E-state index in [1.807, 2.05) is 47.4 Å². The summed E-state index contributed by atoms with van der Waals surface area (Å²) in [7, 11) is 1.43. The van der Waals surface area contributed by atoms with E-state index in [1.54, 1.807) is 6.26 Å². The quantitative estimate of drug-likeness (QED) is 0.367. The largest absolute Gasteiger partial charge is 0.469 e. The van der Waals surface area contributed by atoms with Crippen molar-refractivity contribution in [3.05, 3.63) is 77.7 Å². The van der Waals surface area contributed by atoms with Crippen molar-refractivity contribution < 1.29 is 28.9 Å². The monoisotopic (exact) mass is 576 g/mol. The lowest BCUT2D eigenvalue weighted by Gasteiger charge is -2.37. The fraction of sp³-hybridized carbons (Fsp3) is 0.469. The molecule has 1 amide bonds. The lowest BCUT2D eigenvalue weighted by Crippen LogP contribution is -2.42. The predicted octanol–water partition coefficient (Wildman–Crippen LogP) is 3.54. The van der Waals surface area contributed by atoms with Gasteiger partial charge in [0.05, 0.1) is 19.8 Å². The summed E-state index contributed by atoms with van der Waals surface area (Å²) in [5, 5.41) is 15.9. The zero-order chi connectivity index (χ0) is 29.3. The van der Waals surface area contributed by atoms with Gasteiger partial charge in [-0.15, -0.1) is 0 Å². The van der Waals surface area contributed by atoms with E-state index in [-0.39, 0.29) is 36.4 Å². The summed E-state index contributed by atoms with van der Waals surface area (Å²) >= 11 is 0. The smallest absolute Gasteiger partial charge is 0.305 e. The molecule has 10 heteroatoms. The van der Waals surface area contributed by atoms with E-state index < -0.39 is 6.10 Å². The van der Waals surface area contributed by atoms with Crippen molar-refractivity contribution in [1.82, 2.24) is 10.2 Å². The van der Waals surface area contributed by atoms with Gasteiger partial charge in [-0.3, -0.25) is 14.6 Å². The highest BCUT2D eigenvalue weighted by atomic mass is 16.7. The molecule has 2 aromatic carbocycles. The fourth-order valence-corrected chi connectivity index (χ4v) is 6.02. The number of allylic oxidation sites excluding steroid dienone is 1. The molecule has 3 atom stereocenters. The van der Waals surface area contributed by atoms with Crippen LogP contribution in [0, 0.1) is 17.8 Å². The van der Waals surface area contributed by atoms with Gasteiger partial charge in [-0.25, -0.2) is 0 Å². The first-order valence-electron chi connectivity index (χ1n) is 14.7. The van der Waals surface area contributed by atoms with Crippen LogP contribution in [-0.2, 0) is 25.4 Å². The number of carbonyl (C=O) groups excluding carboxylic acids is 2. The average Bonchev–Trinajstić information content (AvgIpc) is 3.56. The van der Waals surface area contributed by atoms with Gasteiger partial charge in [0.15, 0.2) is 5.96 Å². The number of aliphatic hydroxyl groups is 1. The molecule has 42 heavy (non-hydrogen) atoms. The minimum absolute atomic E-state index is 0.00470. The SMILES string of the molecule is COC(=O)CC(Cc1ccccc1)CC(C1=COCO1)C1CCN(C(=O)c2cccc(NC3=NCC(O)CN3)c2)CC1. The van der Waals surface area contributed by atoms with Crippen molar-refractivity contribution in [2.24, 2.45) is 22.7 Å². The number of hydrogen-bond donors (Lipinski definition) is 3. The van der Waals surface area contributed by atoms with E-state index >= 15 is 0 Å². The van der Waals surface area contributed by atoms with E-state index in [1.165, 1.54) is 12.7 Å². The minimum atomic E-state index is -0.488. The van der Waals surface area contributed by atoms with Gasteiger partial charge in [-0.05, 0) is 61.3 Å². The summed E-state index contributed by atoms with van der Waals surface area (Å²) in [5.41, 5.74) is 2.56. The molecule has 1 fully saturated rings. The molecule has 0 spiro atoms. The highest BCUT2D eigenvalue weighted by Gasteiger charge is 2.35. The number of amides is 1. The van der Waals surface area contributed by atoms with Crippen molar-refractivity contribution in [2.45, 2.75) is 38.2 Å². The number of guanidine groups is 1. The molecule has 0 bridgehead atoms. The van der Waals surface area contributed by atoms with Crippen LogP contribution in [0.25, 0.3) is 0 Å². The second-order valence-corrected chi connectivity index (χ2v) is 11.2. The maximum absolute atomic E-state index is 13.5. The number of aliphatic hydroxyl groups excluding tert-OH is 1. The van der Waals surface area contributed by atoms with Crippen LogP contribution in [0.4, 0.5) is 5.69 Å². The van der Waals surface area contributed by atoms with Crippen LogP contribution in [0.3, 0.4) is 0 Å². The van der Waals surface area contributed by atoms with Crippen molar-refractivity contribution in [3.63, 3.8) is 0 Å². The molecule has 3 aliphatic rings. The number of hydrogen-bond acceptors (Lipinski definition) is 9. The number of nitrogens with one attached hydrogen (secondary N) is 2. The number of aliphatic imine (C=N–C) groups is 1. The first-order chi connectivity index (χ1) is 20.5. The Labute approximate surface area is 246 Å². The average molecular weight is 577 g/mol. The molecule has 224 valence electrons. The zero-order valence-corrected chi connectivity index (χ0v) is 24.0. The maximum Gasteiger partial charge on any atom is 0.305 e. The van der Waals surface area contributed by atoms with Crippen molar-refractivity contribution in [1.29, 1.82) is 0 Å². The molecule has 1 saturated heterocycles. The molecular weight excluding hydrogens is 536 g/mol. The number of piperidine rings is 1. The molecular formula is C32H40N4O6. The molecule has 3 heterocycles. The van der Waals surface area contributed by atoms with Gasteiger partial charge in [-0.2, -0.15) is 0 Å². The van der Waals surface area contributed by atoms with Gasteiger partial charge in [0.1, 0.15) is 12.0 Å². The Bertz CT molecular complexity index is 1270. The van der Waals surface area contributed by atoms with Crippen molar-refractivity contribution in [3.8, 4) is 0 Å². The molecule has 2 aromatic rings. The number of carbonyl (C=O) groups is 2. The summed E-state index contributed by atoms with van der Waals surface area (Å²) in [6.07, 6.45) is 4.75. The second-order valence-electron chi connectivity index (χ2n) is 11.2. The summed E-state index contributed by atoms with van der Waals surface area (Å²) in [4.78, 5) is 32.0. The van der Waals surface area contributed by atoms with Crippen LogP contribution in [0.5, 0.6) is 0 Å². The van der Waals surface area contributed by atoms with E-state index in [0.29, 0.717) is 44.1 Å². The van der Waals surface area contributed by atoms with Crippen LogP contribution in [0.2, 0.25) is 0 Å². The molecule has 3 aliphatic heterocycles. The summed E-state index contributed by atoms with van der Waals surface area (Å²) in [6, 6.07) is 17.6. The first-order valence-corrected chi connectivity index (χ1v) is 14.7. The van der Waals surface area contributed by atoms with Gasteiger partial charge in [0, 0.05) is 43.2 Å². The van der Waals surface area contributed by atoms with E-state index in [2.05, 4.69) is 27.8 Å². The van der Waals surface area contributed by atoms with Crippen LogP contribution in [0.15, 0.2) is 71.6 Å². The zero-order valence-electron chi connectivity index (χ0n) is 24.0. The van der Waals surface area contributed by atoms with Gasteiger partial charge in [-0.1, -0.05) is 36.4 Å². The van der Waals surface area contributed by atoms with E-state index in [4.69, 9.17) is 14.2 Å². The molecule has 3 unspecified atom stereocenters. The van der Waals surface area contributed by atoms with Gasteiger partial charge in [0.25, 0.3) is 5.91 Å². The number of ether oxygens (including phenoxy) is 3. The normalized spacial score (nSPS) is 20.2. The molecule has 0 radical (unpaired) electrons. The second kappa shape index (κ2) is 14.2. The number of rotatable bonds is 10. The molecule has 0 saturated carbocycles. The number of anilines is 1. The number of methoxy groups -OCH3 is 1. The highest BCUT2D eigenvalue weighted by Crippen LogP contribution is 2.38. The van der Waals surface area contributed by atoms with Gasteiger partial charge >= 0.3 is 5.97 Å². The van der Waals surface area contributed by atoms with Crippen LogP contribution < -0.4 is 10.6 Å². The maximum atomic E-state index is 13.5. The number of nitrogens with zero attached hydrogens (tertiary/aromatic N) is 2. The van der Waals surface area contributed by atoms with Crippen LogP contribution in [-0.4, -0.2) is 74.0 Å². The molecule has 0 aromatic heterocycles. The third-order valence-electron chi connectivity index (χ3n) is 8.23. The number of likely N-dealkylation sites (tertiary alicyclic amines) is 1. The lowest BCUT2D eigenvalue weighted by molar-refractivity contribution is -0.141. The number of esters is 1. The minimum Gasteiger partial charge on any atom is -0.469 e. The van der Waals surface area contributed by atoms with Crippen LogP contribution in [0.1, 0.15) is 41.6 Å². The van der Waals surface area contributed by atoms with E-state index in [9.17, 15) is 14.7 Å². The van der Waals surface area contributed by atoms with E-state index in [0.717, 1.165) is 37.1 Å². The van der Waals surface area contributed by atoms with Crippen molar-refractivity contribution >= 4 is 23.5 Å². The summed E-state index contributed by atoms with van der Waals surface area (Å²) in [6.45, 7) is 2.25. The first kappa shape index (κ1) is 29.4. The Morgan fingerprint density at radius 1 is 1.17 bits per heavy atom. The Morgan fingerprint density at radius 3 is 2.67 bits per heavy atom. The molecule has 0 aliphatic carbocycles. The molecule has 3 N–H and O–H groups in total. The Kier molecular flexibility index (Phi) is 9.97. The molecule has 5 rings (SSSR count). The summed E-state index contributed by atoms with van der Waals surface area (Å²) < 4.78 is 16.4. The van der Waals surface area contributed by atoms with Gasteiger partial charge in [0.2, 0.25) is 6.79 Å². The fourth-order valence-electron chi connectivity index (χ4n) is 6.02. The third-order valence-corrected chi connectivity index (χ3v) is 8.23. The van der Waals surface area contributed by atoms with Gasteiger partial charge < -0.3 is 34.9 Å². The highest BCUT2D eigenvalue weighted by molar-refractivity contribution is 5.98. The number of benzene rings is 2. The molecule has 10 nitrogen and oxygen atoms in total. The Morgan fingerprint density at radius 2 is 1.98 bits per heavy atom. The summed E-state index contributed by atoms with van der Waals surface area (Å²) in [5.74, 6) is 1.64. The number of β-amino-alcohol motifs (C(OH)–C–C–N with tert-alkyl or cyclic N) is 1.